The molecule has 0 saturated carbocycles. The van der Waals surface area contributed by atoms with Gasteiger partial charge in [-0.05, 0) is 12.8 Å². The van der Waals surface area contributed by atoms with Crippen molar-refractivity contribution in [2.75, 3.05) is 26.2 Å². The lowest BCUT2D eigenvalue weighted by molar-refractivity contribution is -0.001000. The molecule has 0 unspecified atom stereocenters. The zero-order chi connectivity index (χ0) is 15.1. The van der Waals surface area contributed by atoms with Gasteiger partial charge < -0.3 is 14.1 Å². The highest BCUT2D eigenvalue weighted by atomic mass is 31.2. The smallest absolute Gasteiger partial charge is 1.00 e. The monoisotopic (exact) mass is 360 g/mol. The first kappa shape index (κ1) is 31.0. The molecule has 0 bridgehead atoms. The van der Waals surface area contributed by atoms with Gasteiger partial charge >= 0.3 is 2.85 Å². The van der Waals surface area contributed by atoms with Gasteiger partial charge in [-0.25, -0.2) is 0 Å². The molecule has 23 heavy (non-hydrogen) atoms. The summed E-state index contributed by atoms with van der Waals surface area (Å²) in [5.74, 6) is 0. The van der Waals surface area contributed by atoms with Crippen molar-refractivity contribution in [2.24, 2.45) is 0 Å². The molecule has 0 nitrogen and oxygen atoms in total. The van der Waals surface area contributed by atoms with Gasteiger partial charge in [-0.15, -0.1) is 0 Å². The third-order valence-corrected chi connectivity index (χ3v) is 5.84. The van der Waals surface area contributed by atoms with E-state index in [1.807, 2.05) is 0 Å². The quantitative estimate of drug-likeness (QED) is 0.249. The van der Waals surface area contributed by atoms with Crippen LogP contribution < -0.4 is 14.1 Å². The van der Waals surface area contributed by atoms with Crippen LogP contribution in [0.4, 0.5) is 0 Å². The lowest BCUT2D eigenvalue weighted by Gasteiger charge is -2.10. The molecule has 0 N–H and O–H groups in total. The Bertz CT molecular complexity index is 204. The molecule has 0 saturated heterocycles. The summed E-state index contributed by atoms with van der Waals surface area (Å²) >= 11 is 0. The van der Waals surface area contributed by atoms with E-state index in [0.29, 0.717) is 0 Å². The van der Waals surface area contributed by atoms with Crippen molar-refractivity contribution in [3.63, 3.8) is 0 Å². The van der Waals surface area contributed by atoms with Crippen molar-refractivity contribution in [3.05, 3.63) is 0 Å². The van der Waals surface area contributed by atoms with E-state index < -0.39 is 7.26 Å². The van der Waals surface area contributed by atoms with Gasteiger partial charge in [-0.1, -0.05) is 84.0 Å². The lowest BCUT2D eigenvalue weighted by Crippen LogP contribution is -3.00. The Balaban J connectivity index is -0.000000180. The molecular weight excluding hydrogens is 316 g/mol. The number of halogens is 3. The summed E-state index contributed by atoms with van der Waals surface area (Å²) in [5, 5.41) is 0. The van der Waals surface area contributed by atoms with Crippen molar-refractivity contribution in [2.45, 2.75) is 96.8 Å². The topological polar surface area (TPSA) is 0 Å². The second kappa shape index (κ2) is 22.2. The average Bonchev–Trinajstić information content (AvgIpc) is 2.38. The van der Waals surface area contributed by atoms with Crippen LogP contribution in [0.3, 0.4) is 0 Å². The van der Waals surface area contributed by atoms with Crippen LogP contribution in [0.2, 0.25) is 0 Å². The fourth-order valence-corrected chi connectivity index (χ4v) is 3.95. The van der Waals surface area contributed by atoms with E-state index >= 15 is 0 Å². The Kier molecular flexibility index (Phi) is 30.0. The van der Waals surface area contributed by atoms with Crippen LogP contribution >= 0.6 is 7.26 Å². The van der Waals surface area contributed by atoms with Crippen molar-refractivity contribution >= 4 is 7.26 Å². The highest BCUT2D eigenvalue weighted by Gasteiger charge is 2.15. The predicted octanol–water partition coefficient (Wildman–Crippen LogP) is -1.39. The van der Waals surface area contributed by atoms with Crippen LogP contribution in [0, 0.1) is 0 Å². The van der Waals surface area contributed by atoms with E-state index in [2.05, 4.69) is 26.9 Å². The molecule has 0 aromatic rings. The fourth-order valence-electron chi connectivity index (χ4n) is 2.78. The minimum absolute atomic E-state index is 0. The lowest BCUT2D eigenvalue weighted by atomic mass is 10.0. The number of hydrogen-bond acceptors (Lipinski definition) is 0. The first-order chi connectivity index (χ1) is 9.56. The molecule has 146 valence electrons. The number of unbranched alkanes of at least 4 members (excludes halogenated alkanes) is 13. The summed E-state index contributed by atoms with van der Waals surface area (Å²) < 4.78 is 0. The summed E-state index contributed by atoms with van der Waals surface area (Å²) in [6.45, 7) is 9.70. The second-order valence-electron chi connectivity index (χ2n) is 7.61. The zero-order valence-corrected chi connectivity index (χ0v) is 17.1. The predicted molar refractivity (Wildman–Crippen MR) is 102 cm³/mol. The average molecular weight is 361 g/mol. The standard InChI is InChI=1S/C19H42P.3FH/c1-5-6-7-8-9-10-11-12-13-14-15-16-17-18-19-20(2,3)4;;;/h5-19H2,1-4H3;3*1H/q+1;;;/p-1. The highest BCUT2D eigenvalue weighted by Crippen LogP contribution is 2.47. The van der Waals surface area contributed by atoms with Gasteiger partial charge in [0.1, 0.15) is 0 Å². The molecule has 0 fully saturated rings. The first-order valence-corrected chi connectivity index (χ1v) is 12.7. The molecule has 0 aliphatic carbocycles. The Morgan fingerprint density at radius 3 is 1.00 bits per heavy atom. The van der Waals surface area contributed by atoms with Gasteiger partial charge in [0.05, 0.1) is 6.16 Å². The maximum atomic E-state index is 2.47. The van der Waals surface area contributed by atoms with Crippen LogP contribution in [0.1, 0.15) is 99.7 Å². The maximum Gasteiger partial charge on any atom is 1.00 e. The third-order valence-electron chi connectivity index (χ3n) is 4.18. The summed E-state index contributed by atoms with van der Waals surface area (Å²) in [6.07, 6.45) is 22.1. The minimum Gasteiger partial charge on any atom is -1.00 e. The molecule has 0 aromatic carbocycles. The summed E-state index contributed by atoms with van der Waals surface area (Å²) in [4.78, 5) is 0. The largest absolute Gasteiger partial charge is 1.00 e. The molecule has 0 aliphatic rings. The van der Waals surface area contributed by atoms with E-state index in [0.717, 1.165) is 0 Å². The Labute approximate surface area is 148 Å². The van der Waals surface area contributed by atoms with Gasteiger partial charge in [0.25, 0.3) is 0 Å². The maximum absolute atomic E-state index is 2.47. The van der Waals surface area contributed by atoms with Crippen molar-refractivity contribution in [1.82, 2.24) is 0 Å². The molecule has 4 heteroatoms. The highest BCUT2D eigenvalue weighted by molar-refractivity contribution is 7.73. The van der Waals surface area contributed by atoms with E-state index in [1.54, 1.807) is 0 Å². The van der Waals surface area contributed by atoms with Gasteiger partial charge in [-0.3, -0.25) is 0 Å². The molecule has 0 spiro atoms. The second-order valence-corrected chi connectivity index (χ2v) is 12.6. The van der Waals surface area contributed by atoms with Crippen molar-refractivity contribution in [1.29, 1.82) is 0 Å². The summed E-state index contributed by atoms with van der Waals surface area (Å²) in [5.41, 5.74) is 0. The zero-order valence-electron chi connectivity index (χ0n) is 18.2. The van der Waals surface area contributed by atoms with Crippen LogP contribution in [0.25, 0.3) is 0 Å². The first-order valence-electron chi connectivity index (χ1n) is 9.36. The molecule has 0 atom stereocenters. The Morgan fingerprint density at radius 1 is 0.478 bits per heavy atom. The fraction of sp³-hybridized carbons (Fsp3) is 1.00. The van der Waals surface area contributed by atoms with Crippen LogP contribution in [-0.2, 0) is 0 Å². The summed E-state index contributed by atoms with van der Waals surface area (Å²) in [7, 11) is -0.500. The van der Waals surface area contributed by atoms with E-state index in [9.17, 15) is 0 Å². The van der Waals surface area contributed by atoms with E-state index in [1.165, 1.54) is 96.1 Å². The van der Waals surface area contributed by atoms with Crippen molar-refractivity contribution < 1.29 is 17.0 Å². The SMILES string of the molecule is CCCCCCCCCCCCCCCC[P+](C)(C)C.[F-].[F-].[F-].[H+].[H+]. The molecule has 0 aliphatic heterocycles. The molecule has 0 rings (SSSR count). The molecule has 0 amide bonds. The Morgan fingerprint density at radius 2 is 0.739 bits per heavy atom. The van der Waals surface area contributed by atoms with Crippen molar-refractivity contribution in [3.8, 4) is 0 Å². The Hall–Kier alpha value is 0.220. The van der Waals surface area contributed by atoms with Crippen LogP contribution in [0.15, 0.2) is 0 Å². The minimum atomic E-state index is -0.500. The van der Waals surface area contributed by atoms with Crippen LogP contribution in [0.5, 0.6) is 0 Å². The molecule has 0 aromatic heterocycles. The van der Waals surface area contributed by atoms with E-state index in [-0.39, 0.29) is 17.0 Å². The van der Waals surface area contributed by atoms with Crippen LogP contribution in [-0.4, -0.2) is 26.2 Å². The molecule has 0 heterocycles. The molecule has 0 radical (unpaired) electrons. The third kappa shape index (κ3) is 30.6. The van der Waals surface area contributed by atoms with Gasteiger partial charge in [-0.2, -0.15) is 0 Å². The van der Waals surface area contributed by atoms with Gasteiger partial charge in [0.15, 0.2) is 0 Å². The number of rotatable bonds is 15. The van der Waals surface area contributed by atoms with E-state index in [4.69, 9.17) is 0 Å². The normalized spacial score (nSPS) is 10.4. The molecular formula is C19H44F3P. The number of hydrogen-bond donors (Lipinski definition) is 0. The van der Waals surface area contributed by atoms with Gasteiger partial charge in [0, 0.05) is 27.3 Å². The summed E-state index contributed by atoms with van der Waals surface area (Å²) in [6, 6.07) is 0. The van der Waals surface area contributed by atoms with Gasteiger partial charge in [0.2, 0.25) is 0 Å².